The lowest BCUT2D eigenvalue weighted by molar-refractivity contribution is -0.192. The van der Waals surface area contributed by atoms with Crippen molar-refractivity contribution in [1.29, 1.82) is 0 Å². The molecule has 1 aliphatic carbocycles. The van der Waals surface area contributed by atoms with Gasteiger partial charge in [-0.05, 0) is 55.5 Å². The van der Waals surface area contributed by atoms with Crippen LogP contribution in [0.15, 0.2) is 11.4 Å². The Morgan fingerprint density at radius 2 is 2.03 bits per heavy atom. The van der Waals surface area contributed by atoms with E-state index >= 15 is 0 Å². The molecule has 9 heteroatoms. The molecular formula is C20H28F3NO4S. The minimum Gasteiger partial charge on any atom is -0.475 e. The van der Waals surface area contributed by atoms with E-state index in [1.807, 2.05) is 11.3 Å². The third kappa shape index (κ3) is 6.67. The molecule has 1 atom stereocenters. The summed E-state index contributed by atoms with van der Waals surface area (Å²) in [4.78, 5) is 13.0. The Kier molecular flexibility index (Phi) is 7.24. The number of carbonyl (C=O) groups is 1. The van der Waals surface area contributed by atoms with Gasteiger partial charge in [0.2, 0.25) is 0 Å². The van der Waals surface area contributed by atoms with Gasteiger partial charge in [0.1, 0.15) is 0 Å². The van der Waals surface area contributed by atoms with E-state index < -0.39 is 12.1 Å². The number of piperidine rings is 1. The molecule has 1 saturated carbocycles. The SMILES string of the molecule is Cc1ccsc1CN1CCC2(CC1)CC(OCC1CC1)CO2.O=C(O)C(F)(F)F. The van der Waals surface area contributed by atoms with Crippen molar-refractivity contribution < 1.29 is 32.5 Å². The van der Waals surface area contributed by atoms with Crippen molar-refractivity contribution in [3.05, 3.63) is 21.9 Å². The van der Waals surface area contributed by atoms with Gasteiger partial charge in [-0.2, -0.15) is 13.2 Å². The standard InChI is InChI=1S/C18H27NO2S.C2HF3O2/c1-14-4-9-22-17(14)11-19-7-5-18(6-8-19)10-16(13-21-18)20-12-15-2-3-15;3-2(4,5)1(6)7/h4,9,15-16H,2-3,5-8,10-13H2,1H3;(H,6,7). The van der Waals surface area contributed by atoms with Gasteiger partial charge < -0.3 is 14.6 Å². The molecule has 1 aromatic heterocycles. The Morgan fingerprint density at radius 1 is 1.38 bits per heavy atom. The number of carboxylic acid groups (broad SMARTS) is 1. The molecule has 2 aliphatic heterocycles. The lowest BCUT2D eigenvalue weighted by Crippen LogP contribution is -2.43. The summed E-state index contributed by atoms with van der Waals surface area (Å²) in [6.07, 6.45) is 1.46. The van der Waals surface area contributed by atoms with Crippen molar-refractivity contribution in [1.82, 2.24) is 4.90 Å². The molecule has 29 heavy (non-hydrogen) atoms. The van der Waals surface area contributed by atoms with Crippen LogP contribution >= 0.6 is 11.3 Å². The molecule has 3 aliphatic rings. The Hall–Kier alpha value is -1.16. The van der Waals surface area contributed by atoms with Crippen LogP contribution in [0.25, 0.3) is 0 Å². The molecule has 4 rings (SSSR count). The molecule has 3 fully saturated rings. The number of hydrogen-bond donors (Lipinski definition) is 1. The van der Waals surface area contributed by atoms with E-state index in [1.54, 1.807) is 0 Å². The Balaban J connectivity index is 0.000000298. The van der Waals surface area contributed by atoms with Crippen LogP contribution in [0.1, 0.15) is 42.5 Å². The highest BCUT2D eigenvalue weighted by molar-refractivity contribution is 7.10. The molecule has 1 spiro atoms. The first-order valence-corrected chi connectivity index (χ1v) is 10.9. The van der Waals surface area contributed by atoms with Gasteiger partial charge in [-0.15, -0.1) is 11.3 Å². The van der Waals surface area contributed by atoms with Gasteiger partial charge in [0, 0.05) is 37.5 Å². The Morgan fingerprint density at radius 3 is 2.55 bits per heavy atom. The molecule has 1 aromatic rings. The van der Waals surface area contributed by atoms with E-state index in [0.29, 0.717) is 6.10 Å². The van der Waals surface area contributed by atoms with Crippen LogP contribution < -0.4 is 0 Å². The number of nitrogens with zero attached hydrogens (tertiary/aromatic N) is 1. The minimum absolute atomic E-state index is 0.120. The zero-order chi connectivity index (χ0) is 21.1. The number of carboxylic acids is 1. The predicted octanol–water partition coefficient (Wildman–Crippen LogP) is 4.24. The highest BCUT2D eigenvalue weighted by Crippen LogP contribution is 2.38. The lowest BCUT2D eigenvalue weighted by Gasteiger charge is -2.38. The number of rotatable bonds is 5. The first-order chi connectivity index (χ1) is 13.7. The van der Waals surface area contributed by atoms with Crippen molar-refractivity contribution in [2.45, 2.75) is 63.5 Å². The lowest BCUT2D eigenvalue weighted by atomic mass is 9.88. The number of halogens is 3. The summed E-state index contributed by atoms with van der Waals surface area (Å²) in [5.74, 6) is -1.90. The molecule has 0 radical (unpaired) electrons. The van der Waals surface area contributed by atoms with E-state index in [0.717, 1.165) is 45.2 Å². The van der Waals surface area contributed by atoms with Crippen molar-refractivity contribution >= 4 is 17.3 Å². The van der Waals surface area contributed by atoms with E-state index in [-0.39, 0.29) is 5.60 Å². The highest BCUT2D eigenvalue weighted by atomic mass is 32.1. The van der Waals surface area contributed by atoms with Crippen molar-refractivity contribution in [3.8, 4) is 0 Å². The molecule has 1 unspecified atom stereocenters. The van der Waals surface area contributed by atoms with E-state index in [9.17, 15) is 13.2 Å². The second-order valence-electron chi connectivity index (χ2n) is 8.20. The summed E-state index contributed by atoms with van der Waals surface area (Å²) in [6, 6.07) is 2.23. The van der Waals surface area contributed by atoms with Crippen molar-refractivity contribution in [2.24, 2.45) is 5.92 Å². The molecule has 0 amide bonds. The van der Waals surface area contributed by atoms with E-state index in [4.69, 9.17) is 19.4 Å². The maximum atomic E-state index is 10.6. The average Bonchev–Trinajstić information content (AvgIpc) is 3.29. The third-order valence-corrected chi connectivity index (χ3v) is 6.79. The van der Waals surface area contributed by atoms with Gasteiger partial charge in [-0.1, -0.05) is 0 Å². The quantitative estimate of drug-likeness (QED) is 0.750. The highest BCUT2D eigenvalue weighted by Gasteiger charge is 2.43. The molecule has 2 saturated heterocycles. The molecule has 0 bridgehead atoms. The van der Waals surface area contributed by atoms with Crippen molar-refractivity contribution in [2.75, 3.05) is 26.3 Å². The van der Waals surface area contributed by atoms with Gasteiger partial charge in [0.25, 0.3) is 0 Å². The molecule has 164 valence electrons. The maximum absolute atomic E-state index is 10.6. The maximum Gasteiger partial charge on any atom is 0.490 e. The number of hydrogen-bond acceptors (Lipinski definition) is 5. The second kappa shape index (κ2) is 9.32. The van der Waals surface area contributed by atoms with Crippen LogP contribution in [0.2, 0.25) is 0 Å². The Bertz CT molecular complexity index is 682. The fraction of sp³-hybridized carbons (Fsp3) is 0.750. The predicted molar refractivity (Wildman–Crippen MR) is 103 cm³/mol. The number of alkyl halides is 3. The summed E-state index contributed by atoms with van der Waals surface area (Å²) >= 11 is 1.89. The third-order valence-electron chi connectivity index (χ3n) is 5.78. The zero-order valence-electron chi connectivity index (χ0n) is 16.5. The summed E-state index contributed by atoms with van der Waals surface area (Å²) in [5.41, 5.74) is 1.56. The molecule has 1 N–H and O–H groups in total. The number of likely N-dealkylation sites (tertiary alicyclic amines) is 1. The van der Waals surface area contributed by atoms with Crippen LogP contribution in [0.5, 0.6) is 0 Å². The van der Waals surface area contributed by atoms with Crippen LogP contribution in [0.4, 0.5) is 13.2 Å². The summed E-state index contributed by atoms with van der Waals surface area (Å²) in [5, 5.41) is 9.33. The summed E-state index contributed by atoms with van der Waals surface area (Å²) in [6.45, 7) is 7.43. The molecule has 5 nitrogen and oxygen atoms in total. The molecule has 3 heterocycles. The van der Waals surface area contributed by atoms with Crippen LogP contribution in [-0.4, -0.2) is 60.2 Å². The normalized spacial score (nSPS) is 24.3. The van der Waals surface area contributed by atoms with Gasteiger partial charge in [0.15, 0.2) is 0 Å². The number of aliphatic carboxylic acids is 1. The minimum atomic E-state index is -5.08. The number of thiophene rings is 1. The number of ether oxygens (including phenoxy) is 2. The van der Waals surface area contributed by atoms with E-state index in [2.05, 4.69) is 23.3 Å². The number of aryl methyl sites for hydroxylation is 1. The topological polar surface area (TPSA) is 59.0 Å². The van der Waals surface area contributed by atoms with Crippen LogP contribution in [0.3, 0.4) is 0 Å². The fourth-order valence-corrected chi connectivity index (χ4v) is 4.65. The fourth-order valence-electron chi connectivity index (χ4n) is 3.70. The van der Waals surface area contributed by atoms with Gasteiger partial charge in [0.05, 0.1) is 18.3 Å². The average molecular weight is 436 g/mol. The zero-order valence-corrected chi connectivity index (χ0v) is 17.4. The van der Waals surface area contributed by atoms with Crippen LogP contribution in [-0.2, 0) is 20.8 Å². The monoisotopic (exact) mass is 435 g/mol. The molecule has 0 aromatic carbocycles. The second-order valence-corrected chi connectivity index (χ2v) is 9.20. The smallest absolute Gasteiger partial charge is 0.475 e. The molecular weight excluding hydrogens is 407 g/mol. The largest absolute Gasteiger partial charge is 0.490 e. The summed E-state index contributed by atoms with van der Waals surface area (Å²) in [7, 11) is 0. The van der Waals surface area contributed by atoms with Crippen LogP contribution in [0, 0.1) is 12.8 Å². The van der Waals surface area contributed by atoms with Gasteiger partial charge in [-0.3, -0.25) is 4.90 Å². The van der Waals surface area contributed by atoms with E-state index in [1.165, 1.54) is 36.1 Å². The summed E-state index contributed by atoms with van der Waals surface area (Å²) < 4.78 is 44.0. The first kappa shape index (κ1) is 22.5. The Labute approximate surface area is 172 Å². The van der Waals surface area contributed by atoms with Gasteiger partial charge >= 0.3 is 12.1 Å². The van der Waals surface area contributed by atoms with Crippen molar-refractivity contribution in [3.63, 3.8) is 0 Å². The van der Waals surface area contributed by atoms with Gasteiger partial charge in [-0.25, -0.2) is 4.79 Å². The first-order valence-electron chi connectivity index (χ1n) is 9.98.